The number of aliphatic hydroxyl groups is 1. The molecular weight excluding hydrogens is 561 g/mol. The molecule has 2 saturated carbocycles. The highest BCUT2D eigenvalue weighted by molar-refractivity contribution is 6.74. The van der Waals surface area contributed by atoms with Gasteiger partial charge in [-0.25, -0.2) is 0 Å². The van der Waals surface area contributed by atoms with Crippen LogP contribution in [0.2, 0.25) is 36.3 Å². The molecule has 0 spiro atoms. The Morgan fingerprint density at radius 2 is 1.58 bits per heavy atom. The normalized spacial score (nSPS) is 35.8. The monoisotopic (exact) mass is 628 g/mol. The predicted octanol–water partition coefficient (Wildman–Crippen LogP) is 11.1. The molecule has 0 aromatic carbocycles. The fourth-order valence-corrected chi connectivity index (χ4v) is 11.7. The van der Waals surface area contributed by atoms with Crippen LogP contribution in [0.1, 0.15) is 127 Å². The zero-order chi connectivity index (χ0) is 32.4. The molecule has 0 bridgehead atoms. The van der Waals surface area contributed by atoms with E-state index >= 15 is 0 Å². The van der Waals surface area contributed by atoms with Crippen molar-refractivity contribution in [1.29, 1.82) is 0 Å². The van der Waals surface area contributed by atoms with Crippen LogP contribution < -0.4 is 0 Å². The van der Waals surface area contributed by atoms with E-state index < -0.39 is 16.6 Å². The van der Waals surface area contributed by atoms with E-state index in [0.29, 0.717) is 17.3 Å². The van der Waals surface area contributed by atoms with Crippen molar-refractivity contribution >= 4 is 16.6 Å². The Morgan fingerprint density at radius 3 is 2.14 bits per heavy atom. The number of hydrogen-bond acceptors (Lipinski definition) is 3. The first-order valence-electron chi connectivity index (χ1n) is 17.7. The molecule has 5 heteroatoms. The van der Waals surface area contributed by atoms with Gasteiger partial charge in [0, 0.05) is 11.8 Å². The smallest absolute Gasteiger partial charge is 0.192 e. The maximum atomic E-state index is 10.8. The summed E-state index contributed by atoms with van der Waals surface area (Å²) in [4.78, 5) is 0. The Labute approximate surface area is 268 Å². The van der Waals surface area contributed by atoms with Crippen LogP contribution in [0.3, 0.4) is 0 Å². The van der Waals surface area contributed by atoms with E-state index in [-0.39, 0.29) is 33.3 Å². The van der Waals surface area contributed by atoms with Gasteiger partial charge in [-0.05, 0) is 105 Å². The fourth-order valence-electron chi connectivity index (χ4n) is 8.69. The SMILES string of the molecule is CCC1=CC[C@H]2C3=CC=C4C[C@@](CC[C@@H](O)CC)(O[Si](C)(C)C(C)(C)C)C[C@H](O[Si](C)(C)C(C)(C)C)[C@]4(C)[C@H]3CC[C@]12C. The first-order chi connectivity index (χ1) is 19.6. The van der Waals surface area contributed by atoms with Gasteiger partial charge >= 0.3 is 0 Å². The molecule has 0 heterocycles. The Kier molecular flexibility index (Phi) is 9.59. The van der Waals surface area contributed by atoms with E-state index in [2.05, 4.69) is 114 Å². The van der Waals surface area contributed by atoms with E-state index in [1.54, 1.807) is 16.7 Å². The lowest BCUT2D eigenvalue weighted by Gasteiger charge is -2.62. The van der Waals surface area contributed by atoms with E-state index in [1.807, 2.05) is 0 Å². The highest BCUT2D eigenvalue weighted by atomic mass is 28.4. The van der Waals surface area contributed by atoms with Gasteiger partial charge in [-0.1, -0.05) is 104 Å². The molecule has 2 fully saturated rings. The summed E-state index contributed by atoms with van der Waals surface area (Å²) in [5, 5.41) is 11.1. The van der Waals surface area contributed by atoms with E-state index in [0.717, 1.165) is 32.1 Å². The summed E-state index contributed by atoms with van der Waals surface area (Å²) in [6, 6.07) is 0. The molecule has 3 nitrogen and oxygen atoms in total. The Balaban J connectivity index is 1.85. The lowest BCUT2D eigenvalue weighted by Crippen LogP contribution is -2.62. The summed E-state index contributed by atoms with van der Waals surface area (Å²) in [5.41, 5.74) is 4.91. The van der Waals surface area contributed by atoms with Crippen LogP contribution in [-0.2, 0) is 8.85 Å². The van der Waals surface area contributed by atoms with Crippen LogP contribution in [0.5, 0.6) is 0 Å². The summed E-state index contributed by atoms with van der Waals surface area (Å²) in [5.74, 6) is 1.15. The second-order valence-electron chi connectivity index (χ2n) is 18.4. The molecule has 1 N–H and O–H groups in total. The van der Waals surface area contributed by atoms with Gasteiger partial charge < -0.3 is 14.0 Å². The predicted molar refractivity (Wildman–Crippen MR) is 189 cm³/mol. The highest BCUT2D eigenvalue weighted by Crippen LogP contribution is 2.66. The van der Waals surface area contributed by atoms with Gasteiger partial charge in [0.25, 0.3) is 0 Å². The molecule has 0 saturated heterocycles. The average Bonchev–Trinajstić information content (AvgIpc) is 3.22. The largest absolute Gasteiger partial charge is 0.413 e. The second kappa shape index (κ2) is 11.7. The zero-order valence-electron chi connectivity index (χ0n) is 30.7. The molecular formula is C38H68O3Si2. The molecule has 0 radical (unpaired) electrons. The molecule has 4 rings (SSSR count). The minimum Gasteiger partial charge on any atom is -0.413 e. The van der Waals surface area contributed by atoms with E-state index in [4.69, 9.17) is 8.85 Å². The van der Waals surface area contributed by atoms with Gasteiger partial charge in [0.1, 0.15) is 0 Å². The molecule has 0 aromatic heterocycles. The topological polar surface area (TPSA) is 38.7 Å². The lowest BCUT2D eigenvalue weighted by molar-refractivity contribution is -0.0890. The third-order valence-electron chi connectivity index (χ3n) is 13.8. The van der Waals surface area contributed by atoms with Crippen molar-refractivity contribution in [2.45, 2.75) is 181 Å². The highest BCUT2D eigenvalue weighted by Gasteiger charge is 2.61. The van der Waals surface area contributed by atoms with Gasteiger partial charge in [0.05, 0.1) is 17.8 Å². The fraction of sp³-hybridized carbons (Fsp3) is 0.842. The van der Waals surface area contributed by atoms with Gasteiger partial charge in [-0.15, -0.1) is 0 Å². The van der Waals surface area contributed by atoms with Gasteiger partial charge in [0.15, 0.2) is 16.6 Å². The standard InChI is InChI=1S/C38H68O3Si2/c1-15-27-18-20-31-30-19-17-28-25-38(24-21-29(39)16-2,41-43(13,14)35(6,7)8)26-33(40-42(11,12)34(3,4)5)37(28,10)32(30)22-23-36(27,31)9/h17-19,29,31-33,39H,15-16,20-26H2,1-14H3/t29-,31-,32-,33-,36+,37-,38+/m0/s1. The first-order valence-corrected chi connectivity index (χ1v) is 23.6. The van der Waals surface area contributed by atoms with Crippen LogP contribution in [0.25, 0.3) is 0 Å². The van der Waals surface area contributed by atoms with Crippen molar-refractivity contribution in [3.63, 3.8) is 0 Å². The van der Waals surface area contributed by atoms with Crippen molar-refractivity contribution in [1.82, 2.24) is 0 Å². The third-order valence-corrected chi connectivity index (χ3v) is 22.8. The molecule has 0 aromatic rings. The number of allylic oxidation sites excluding steroid dienone is 5. The molecule has 7 atom stereocenters. The zero-order valence-corrected chi connectivity index (χ0v) is 32.7. The van der Waals surface area contributed by atoms with Crippen molar-refractivity contribution in [3.8, 4) is 0 Å². The summed E-state index contributed by atoms with van der Waals surface area (Å²) in [6.45, 7) is 33.5. The Bertz CT molecular complexity index is 1130. The minimum absolute atomic E-state index is 0.0282. The van der Waals surface area contributed by atoms with Crippen molar-refractivity contribution < 1.29 is 14.0 Å². The van der Waals surface area contributed by atoms with Crippen molar-refractivity contribution in [2.75, 3.05) is 0 Å². The second-order valence-corrected chi connectivity index (χ2v) is 27.9. The van der Waals surface area contributed by atoms with E-state index in [1.165, 1.54) is 25.7 Å². The number of hydrogen-bond donors (Lipinski definition) is 1. The van der Waals surface area contributed by atoms with Crippen molar-refractivity contribution in [3.05, 3.63) is 34.9 Å². The van der Waals surface area contributed by atoms with Crippen LogP contribution >= 0.6 is 0 Å². The summed E-state index contributed by atoms with van der Waals surface area (Å²) in [6.07, 6.45) is 16.8. The van der Waals surface area contributed by atoms with Crippen LogP contribution in [0, 0.1) is 22.7 Å². The summed E-state index contributed by atoms with van der Waals surface area (Å²) < 4.78 is 15.3. The van der Waals surface area contributed by atoms with Crippen LogP contribution in [0.15, 0.2) is 34.9 Å². The van der Waals surface area contributed by atoms with Crippen LogP contribution in [0.4, 0.5) is 0 Å². The average molecular weight is 629 g/mol. The molecule has 4 aliphatic rings. The summed E-state index contributed by atoms with van der Waals surface area (Å²) >= 11 is 0. The maximum absolute atomic E-state index is 10.8. The van der Waals surface area contributed by atoms with Crippen molar-refractivity contribution in [2.24, 2.45) is 22.7 Å². The molecule has 0 amide bonds. The molecule has 0 unspecified atom stereocenters. The number of fused-ring (bicyclic) bond motifs is 5. The number of rotatable bonds is 9. The third kappa shape index (κ3) is 6.17. The van der Waals surface area contributed by atoms with Crippen LogP contribution in [-0.4, -0.2) is 39.6 Å². The van der Waals surface area contributed by atoms with Gasteiger partial charge in [-0.2, -0.15) is 0 Å². The lowest BCUT2D eigenvalue weighted by atomic mass is 9.48. The first kappa shape index (κ1) is 35.4. The molecule has 246 valence electrons. The molecule has 0 aliphatic heterocycles. The number of aliphatic hydroxyl groups excluding tert-OH is 1. The van der Waals surface area contributed by atoms with E-state index in [9.17, 15) is 5.11 Å². The maximum Gasteiger partial charge on any atom is 0.192 e. The Hall–Kier alpha value is -0.466. The quantitative estimate of drug-likeness (QED) is 0.204. The summed E-state index contributed by atoms with van der Waals surface area (Å²) in [7, 11) is -4.19. The minimum atomic E-state index is -2.10. The Morgan fingerprint density at radius 1 is 0.953 bits per heavy atom. The molecule has 4 aliphatic carbocycles. The van der Waals surface area contributed by atoms with Gasteiger partial charge in [-0.3, -0.25) is 0 Å². The van der Waals surface area contributed by atoms with Gasteiger partial charge in [0.2, 0.25) is 0 Å². The molecule has 43 heavy (non-hydrogen) atoms.